The molecule has 42 valence electrons. The van der Waals surface area contributed by atoms with E-state index in [2.05, 4.69) is 22.9 Å². The molecule has 0 saturated carbocycles. The predicted octanol–water partition coefficient (Wildman–Crippen LogP) is 2.38. The molecule has 0 spiro atoms. The summed E-state index contributed by atoms with van der Waals surface area (Å²) in [4.78, 5) is 0. The van der Waals surface area contributed by atoms with Gasteiger partial charge in [0.15, 0.2) is 0 Å². The second-order valence-corrected chi connectivity index (χ2v) is 1.48. The van der Waals surface area contributed by atoms with Crippen molar-refractivity contribution in [2.24, 2.45) is 0 Å². The van der Waals surface area contributed by atoms with Crippen LogP contribution in [0.5, 0.6) is 0 Å². The molecule has 0 aromatic rings. The lowest BCUT2D eigenvalue weighted by atomic mass is 10.6. The number of rotatable bonds is 1. The minimum Gasteiger partial charge on any atom is -0.344 e. The fourth-order valence-electron chi connectivity index (χ4n) is 0. The molecule has 0 atom stereocenters. The van der Waals surface area contributed by atoms with Crippen molar-refractivity contribution in [2.75, 3.05) is 5.33 Å². The third kappa shape index (κ3) is 22.0. The van der Waals surface area contributed by atoms with Crippen LogP contribution in [0.2, 0.25) is 0 Å². The molecule has 0 amide bonds. The van der Waals surface area contributed by atoms with Crippen LogP contribution in [0.1, 0.15) is 13.3 Å². The number of hydrogen-bond donors (Lipinski definition) is 1. The summed E-state index contributed by atoms with van der Waals surface area (Å²) in [5.74, 6) is 0. The molecular formula is C3H11BrClN. The van der Waals surface area contributed by atoms with Crippen LogP contribution in [0.4, 0.5) is 0 Å². The number of alkyl halides is 1. The first-order valence-electron chi connectivity index (χ1n) is 1.47. The summed E-state index contributed by atoms with van der Waals surface area (Å²) in [7, 11) is 0. The van der Waals surface area contributed by atoms with E-state index in [1.807, 2.05) is 0 Å². The second-order valence-electron chi connectivity index (χ2n) is 0.689. The van der Waals surface area contributed by atoms with Crippen LogP contribution in [-0.2, 0) is 0 Å². The predicted molar refractivity (Wildman–Crippen MR) is 36.4 cm³/mol. The first-order chi connectivity index (χ1) is 1.91. The zero-order valence-corrected chi connectivity index (χ0v) is 6.31. The van der Waals surface area contributed by atoms with Crippen LogP contribution in [0.15, 0.2) is 0 Å². The maximum Gasteiger partial charge on any atom is 0.00286 e. The van der Waals surface area contributed by atoms with E-state index < -0.39 is 0 Å². The first-order valence-corrected chi connectivity index (χ1v) is 2.60. The molecule has 6 heavy (non-hydrogen) atoms. The van der Waals surface area contributed by atoms with Crippen molar-refractivity contribution in [3.63, 3.8) is 0 Å². The molecule has 0 aliphatic carbocycles. The van der Waals surface area contributed by atoms with Gasteiger partial charge in [-0.15, -0.1) is 12.4 Å². The molecule has 3 N–H and O–H groups in total. The van der Waals surface area contributed by atoms with Crippen LogP contribution in [-0.4, -0.2) is 5.33 Å². The summed E-state index contributed by atoms with van der Waals surface area (Å²) >= 11 is 3.25. The SMILES string of the molecule is CCCBr.Cl.N. The maximum atomic E-state index is 3.25. The smallest absolute Gasteiger partial charge is 0.00286 e. The Morgan fingerprint density at radius 2 is 1.67 bits per heavy atom. The van der Waals surface area contributed by atoms with E-state index in [0.717, 1.165) is 5.33 Å². The molecule has 0 saturated heterocycles. The van der Waals surface area contributed by atoms with Gasteiger partial charge < -0.3 is 6.15 Å². The second kappa shape index (κ2) is 17.2. The van der Waals surface area contributed by atoms with E-state index in [1.165, 1.54) is 6.42 Å². The summed E-state index contributed by atoms with van der Waals surface area (Å²) in [6.07, 6.45) is 1.24. The monoisotopic (exact) mass is 175 g/mol. The van der Waals surface area contributed by atoms with E-state index in [-0.39, 0.29) is 18.6 Å². The van der Waals surface area contributed by atoms with Crippen LogP contribution in [0.25, 0.3) is 0 Å². The molecule has 0 bridgehead atoms. The van der Waals surface area contributed by atoms with Gasteiger partial charge in [-0.2, -0.15) is 0 Å². The number of hydrogen-bond acceptors (Lipinski definition) is 1. The Bertz CT molecular complexity index is 12.8. The molecule has 0 heterocycles. The van der Waals surface area contributed by atoms with Crippen molar-refractivity contribution in [3.8, 4) is 0 Å². The third-order valence-electron chi connectivity index (χ3n) is 0.189. The van der Waals surface area contributed by atoms with Crippen LogP contribution in [0.3, 0.4) is 0 Å². The molecule has 0 aromatic carbocycles. The highest BCUT2D eigenvalue weighted by Gasteiger charge is 1.58. The highest BCUT2D eigenvalue weighted by atomic mass is 79.9. The van der Waals surface area contributed by atoms with Crippen molar-refractivity contribution in [2.45, 2.75) is 13.3 Å². The van der Waals surface area contributed by atoms with E-state index in [9.17, 15) is 0 Å². The summed E-state index contributed by atoms with van der Waals surface area (Å²) in [5, 5.41) is 1.13. The summed E-state index contributed by atoms with van der Waals surface area (Å²) in [6, 6.07) is 0. The fraction of sp³-hybridized carbons (Fsp3) is 1.00. The molecule has 1 nitrogen and oxygen atoms in total. The average molecular weight is 176 g/mol. The number of halogens is 2. The Hall–Kier alpha value is 0.730. The molecular weight excluding hydrogens is 165 g/mol. The Labute approximate surface area is 53.6 Å². The van der Waals surface area contributed by atoms with Crippen molar-refractivity contribution in [3.05, 3.63) is 0 Å². The lowest BCUT2D eigenvalue weighted by Crippen LogP contribution is -1.54. The normalized spacial score (nSPS) is 5.00. The molecule has 0 aromatic heterocycles. The zero-order chi connectivity index (χ0) is 3.41. The van der Waals surface area contributed by atoms with Crippen LogP contribution < -0.4 is 6.15 Å². The van der Waals surface area contributed by atoms with E-state index in [4.69, 9.17) is 0 Å². The molecule has 0 fully saturated rings. The van der Waals surface area contributed by atoms with Gasteiger partial charge in [0.05, 0.1) is 0 Å². The van der Waals surface area contributed by atoms with Crippen LogP contribution in [0, 0.1) is 0 Å². The maximum absolute atomic E-state index is 3.25. The molecule has 3 heteroatoms. The first kappa shape index (κ1) is 15.9. The lowest BCUT2D eigenvalue weighted by molar-refractivity contribution is 1.12. The molecule has 0 unspecified atom stereocenters. The standard InChI is InChI=1S/C3H7Br.ClH.H3N/c1-2-3-4;;/h2-3H2,1H3;1H;1H3. The Balaban J connectivity index is -0.0000000450. The Morgan fingerprint density at radius 3 is 1.67 bits per heavy atom. The van der Waals surface area contributed by atoms with Gasteiger partial charge in [0.25, 0.3) is 0 Å². The zero-order valence-electron chi connectivity index (χ0n) is 3.91. The van der Waals surface area contributed by atoms with Gasteiger partial charge in [0, 0.05) is 5.33 Å². The Morgan fingerprint density at radius 1 is 1.50 bits per heavy atom. The largest absolute Gasteiger partial charge is 0.344 e. The third-order valence-corrected chi connectivity index (χ3v) is 0.982. The average Bonchev–Trinajstić information content (AvgIpc) is 1.37. The summed E-state index contributed by atoms with van der Waals surface area (Å²) in [5.41, 5.74) is 0. The Kier molecular flexibility index (Phi) is 45.5. The van der Waals surface area contributed by atoms with E-state index in [1.54, 1.807) is 0 Å². The van der Waals surface area contributed by atoms with E-state index >= 15 is 0 Å². The van der Waals surface area contributed by atoms with Gasteiger partial charge in [0.1, 0.15) is 0 Å². The van der Waals surface area contributed by atoms with Crippen molar-refractivity contribution in [1.29, 1.82) is 0 Å². The minimum absolute atomic E-state index is 0. The topological polar surface area (TPSA) is 35.0 Å². The van der Waals surface area contributed by atoms with Gasteiger partial charge in [-0.3, -0.25) is 0 Å². The van der Waals surface area contributed by atoms with Gasteiger partial charge in [0.2, 0.25) is 0 Å². The van der Waals surface area contributed by atoms with E-state index in [0.29, 0.717) is 0 Å². The summed E-state index contributed by atoms with van der Waals surface area (Å²) < 4.78 is 0. The minimum atomic E-state index is 0. The van der Waals surface area contributed by atoms with Crippen molar-refractivity contribution >= 4 is 28.3 Å². The molecule has 0 aliphatic heterocycles. The lowest BCUT2D eigenvalue weighted by Gasteiger charge is -1.66. The highest BCUT2D eigenvalue weighted by molar-refractivity contribution is 9.09. The highest BCUT2D eigenvalue weighted by Crippen LogP contribution is 1.80. The quantitative estimate of drug-likeness (QED) is 0.612. The van der Waals surface area contributed by atoms with Crippen molar-refractivity contribution in [1.82, 2.24) is 6.15 Å². The summed E-state index contributed by atoms with van der Waals surface area (Å²) in [6.45, 7) is 2.13. The van der Waals surface area contributed by atoms with Gasteiger partial charge in [-0.1, -0.05) is 22.9 Å². The van der Waals surface area contributed by atoms with Gasteiger partial charge in [-0.25, -0.2) is 0 Å². The molecule has 0 radical (unpaired) electrons. The fourth-order valence-corrected chi connectivity index (χ4v) is 0. The molecule has 0 aliphatic rings. The van der Waals surface area contributed by atoms with Crippen molar-refractivity contribution < 1.29 is 0 Å². The van der Waals surface area contributed by atoms with Gasteiger partial charge in [-0.05, 0) is 6.42 Å². The molecule has 0 rings (SSSR count). The van der Waals surface area contributed by atoms with Crippen LogP contribution >= 0.6 is 28.3 Å². The van der Waals surface area contributed by atoms with Gasteiger partial charge >= 0.3 is 0 Å².